The summed E-state index contributed by atoms with van der Waals surface area (Å²) < 4.78 is 5.14. The fraction of sp³-hybridized carbons (Fsp3) is 0.667. The summed E-state index contributed by atoms with van der Waals surface area (Å²) in [6.07, 6.45) is 8.92. The second-order valence-corrected chi connectivity index (χ2v) is 12.6. The van der Waals surface area contributed by atoms with Gasteiger partial charge in [-0.1, -0.05) is 72.1 Å². The van der Waals surface area contributed by atoms with Crippen molar-refractivity contribution in [2.45, 2.75) is 91.7 Å². The molecule has 1 saturated carbocycles. The van der Waals surface area contributed by atoms with Crippen molar-refractivity contribution in [3.63, 3.8) is 0 Å². The molecule has 0 bridgehead atoms. The predicted molar refractivity (Wildman–Crippen MR) is 159 cm³/mol. The molecular weight excluding hydrogens is 536 g/mol. The van der Waals surface area contributed by atoms with Gasteiger partial charge >= 0.3 is 5.97 Å². The van der Waals surface area contributed by atoms with Gasteiger partial charge in [0.05, 0.1) is 17.8 Å². The number of carbonyl (C=O) groups is 5. The highest BCUT2D eigenvalue weighted by molar-refractivity contribution is 6.33. The summed E-state index contributed by atoms with van der Waals surface area (Å²) >= 11 is 0. The first kappa shape index (κ1) is 33.4. The van der Waals surface area contributed by atoms with Gasteiger partial charge < -0.3 is 15.2 Å². The standard InChI is InChI=1S/C33H48N2O7/c1-8-11-12-13-21(9-2)24-25(31(39)35-30(24)38)28(36)23-19(6)14-15-33(41)17-22(16-20(7)26(23)33)29(37)34-27(18(4)5)32(40)42-10-3/h9,14-15,18-23,26-27,41H,2,8,10-13,16-17H2,1,3-7H3,(H,34,37)(H,35,38,39). The molecule has 9 heteroatoms. The van der Waals surface area contributed by atoms with Crippen LogP contribution in [0.4, 0.5) is 0 Å². The predicted octanol–water partition coefficient (Wildman–Crippen LogP) is 3.81. The lowest BCUT2D eigenvalue weighted by Crippen LogP contribution is -2.57. The number of aliphatic hydroxyl groups is 1. The first-order valence-corrected chi connectivity index (χ1v) is 15.5. The van der Waals surface area contributed by atoms with E-state index in [2.05, 4.69) is 24.1 Å². The maximum Gasteiger partial charge on any atom is 0.328 e. The number of allylic oxidation sites excluding steroid dienone is 2. The molecule has 0 saturated heterocycles. The van der Waals surface area contributed by atoms with E-state index < -0.39 is 58.9 Å². The molecule has 3 N–H and O–H groups in total. The lowest BCUT2D eigenvalue weighted by atomic mass is 9.55. The molecule has 0 radical (unpaired) electrons. The van der Waals surface area contributed by atoms with Crippen LogP contribution in [-0.4, -0.2) is 52.8 Å². The number of nitrogens with one attached hydrogen (secondary N) is 2. The zero-order chi connectivity index (χ0) is 31.4. The summed E-state index contributed by atoms with van der Waals surface area (Å²) in [6, 6.07) is -0.810. The van der Waals surface area contributed by atoms with E-state index in [0.717, 1.165) is 19.3 Å². The molecule has 1 aliphatic heterocycles. The lowest BCUT2D eigenvalue weighted by molar-refractivity contribution is -0.152. The molecule has 2 aliphatic carbocycles. The van der Waals surface area contributed by atoms with Crippen molar-refractivity contribution in [2.24, 2.45) is 41.4 Å². The van der Waals surface area contributed by atoms with E-state index in [1.54, 1.807) is 25.2 Å². The van der Waals surface area contributed by atoms with Crippen molar-refractivity contribution in [1.29, 1.82) is 0 Å². The van der Waals surface area contributed by atoms with Gasteiger partial charge in [0.15, 0.2) is 5.78 Å². The maximum absolute atomic E-state index is 14.3. The maximum atomic E-state index is 14.3. The minimum Gasteiger partial charge on any atom is -0.464 e. The monoisotopic (exact) mass is 584 g/mol. The van der Waals surface area contributed by atoms with Crippen LogP contribution in [0.2, 0.25) is 0 Å². The number of hydrogen-bond acceptors (Lipinski definition) is 7. The number of ether oxygens (including phenoxy) is 1. The molecule has 1 heterocycles. The topological polar surface area (TPSA) is 139 Å². The van der Waals surface area contributed by atoms with E-state index >= 15 is 0 Å². The van der Waals surface area contributed by atoms with Crippen LogP contribution in [0.25, 0.3) is 0 Å². The minimum absolute atomic E-state index is 0.0673. The Morgan fingerprint density at radius 2 is 1.88 bits per heavy atom. The smallest absolute Gasteiger partial charge is 0.328 e. The van der Waals surface area contributed by atoms with Gasteiger partial charge in [-0.05, 0) is 43.9 Å². The first-order chi connectivity index (χ1) is 19.8. The number of carbonyl (C=O) groups excluding carboxylic acids is 5. The third-order valence-electron chi connectivity index (χ3n) is 9.23. The van der Waals surface area contributed by atoms with E-state index in [-0.39, 0.29) is 47.8 Å². The molecular formula is C33H48N2O7. The average Bonchev–Trinajstić information content (AvgIpc) is 3.22. The van der Waals surface area contributed by atoms with Gasteiger partial charge in [-0.3, -0.25) is 24.5 Å². The number of imide groups is 1. The number of hydrogen-bond donors (Lipinski definition) is 3. The Kier molecular flexibility index (Phi) is 11.1. The fourth-order valence-electron chi connectivity index (χ4n) is 7.14. The number of rotatable bonds is 13. The van der Waals surface area contributed by atoms with E-state index in [1.165, 1.54) is 0 Å². The number of esters is 1. The minimum atomic E-state index is -1.48. The molecule has 3 rings (SSSR count). The summed E-state index contributed by atoms with van der Waals surface area (Å²) in [5, 5.41) is 17.1. The third-order valence-corrected chi connectivity index (χ3v) is 9.23. The zero-order valence-electron chi connectivity index (χ0n) is 25.9. The second-order valence-electron chi connectivity index (χ2n) is 12.6. The Bertz CT molecular complexity index is 1160. The summed E-state index contributed by atoms with van der Waals surface area (Å²) in [5.74, 6) is -5.68. The number of fused-ring (bicyclic) bond motifs is 1. The van der Waals surface area contributed by atoms with Crippen LogP contribution in [0.3, 0.4) is 0 Å². The Labute approximate surface area is 249 Å². The van der Waals surface area contributed by atoms with E-state index in [0.29, 0.717) is 12.8 Å². The molecule has 8 atom stereocenters. The van der Waals surface area contributed by atoms with E-state index in [9.17, 15) is 29.1 Å². The van der Waals surface area contributed by atoms with Gasteiger partial charge in [-0.2, -0.15) is 0 Å². The number of Topliss-reactive ketones (excluding diaryl/α,β-unsaturated/α-hetero) is 1. The quantitative estimate of drug-likeness (QED) is 0.0984. The van der Waals surface area contributed by atoms with Crippen molar-refractivity contribution in [3.8, 4) is 0 Å². The molecule has 9 nitrogen and oxygen atoms in total. The first-order valence-electron chi connectivity index (χ1n) is 15.5. The van der Waals surface area contributed by atoms with Crippen molar-refractivity contribution in [1.82, 2.24) is 10.6 Å². The summed E-state index contributed by atoms with van der Waals surface area (Å²) in [7, 11) is 0. The van der Waals surface area contributed by atoms with Gasteiger partial charge in [-0.15, -0.1) is 6.58 Å². The zero-order valence-corrected chi connectivity index (χ0v) is 25.9. The summed E-state index contributed by atoms with van der Waals surface area (Å²) in [6.45, 7) is 15.3. The molecule has 8 unspecified atom stereocenters. The van der Waals surface area contributed by atoms with Gasteiger partial charge in [-0.25, -0.2) is 4.79 Å². The van der Waals surface area contributed by atoms with E-state index in [1.807, 2.05) is 27.7 Å². The highest BCUT2D eigenvalue weighted by atomic mass is 16.5. The molecule has 3 amide bonds. The molecule has 42 heavy (non-hydrogen) atoms. The average molecular weight is 585 g/mol. The summed E-state index contributed by atoms with van der Waals surface area (Å²) in [4.78, 5) is 66.1. The number of amides is 3. The van der Waals surface area contributed by atoms with Crippen LogP contribution < -0.4 is 10.6 Å². The van der Waals surface area contributed by atoms with Crippen LogP contribution in [0.5, 0.6) is 0 Å². The van der Waals surface area contributed by atoms with Gasteiger partial charge in [0, 0.05) is 29.2 Å². The van der Waals surface area contributed by atoms with E-state index in [4.69, 9.17) is 4.74 Å². The molecule has 3 aliphatic rings. The second kappa shape index (κ2) is 13.9. The van der Waals surface area contributed by atoms with Crippen molar-refractivity contribution < 1.29 is 33.8 Å². The molecule has 0 spiro atoms. The van der Waals surface area contributed by atoms with Crippen LogP contribution in [0, 0.1) is 41.4 Å². The fourth-order valence-corrected chi connectivity index (χ4v) is 7.14. The van der Waals surface area contributed by atoms with Crippen molar-refractivity contribution in [2.75, 3.05) is 6.61 Å². The molecule has 232 valence electrons. The Hall–Kier alpha value is -3.07. The van der Waals surface area contributed by atoms with Gasteiger partial charge in [0.2, 0.25) is 5.91 Å². The molecule has 0 aromatic rings. The Morgan fingerprint density at radius 3 is 2.48 bits per heavy atom. The molecule has 0 aromatic heterocycles. The highest BCUT2D eigenvalue weighted by Crippen LogP contribution is 2.51. The van der Waals surface area contributed by atoms with Crippen LogP contribution in [0.15, 0.2) is 36.0 Å². The van der Waals surface area contributed by atoms with Crippen molar-refractivity contribution in [3.05, 3.63) is 36.0 Å². The van der Waals surface area contributed by atoms with Gasteiger partial charge in [0.25, 0.3) is 11.8 Å². The number of unbranched alkanes of at least 4 members (excludes halogenated alkanes) is 2. The number of ketones is 1. The molecule has 1 fully saturated rings. The van der Waals surface area contributed by atoms with Gasteiger partial charge in [0.1, 0.15) is 6.04 Å². The lowest BCUT2D eigenvalue weighted by Gasteiger charge is -2.51. The highest BCUT2D eigenvalue weighted by Gasteiger charge is 2.56. The SMILES string of the molecule is C=CC(CCCCC)C1=C(C(=O)C2C(C)C=CC3(O)CC(C(=O)NC(C(=O)OCC)C(C)C)CC(C)C23)C(=O)NC1=O. The van der Waals surface area contributed by atoms with Crippen LogP contribution >= 0.6 is 0 Å². The van der Waals surface area contributed by atoms with Crippen molar-refractivity contribution >= 4 is 29.5 Å². The molecule has 0 aromatic carbocycles. The largest absolute Gasteiger partial charge is 0.464 e. The Balaban J connectivity index is 1.92. The Morgan fingerprint density at radius 1 is 1.19 bits per heavy atom. The third kappa shape index (κ3) is 6.77. The van der Waals surface area contributed by atoms with Crippen LogP contribution in [-0.2, 0) is 28.7 Å². The summed E-state index contributed by atoms with van der Waals surface area (Å²) in [5.41, 5.74) is -1.44. The van der Waals surface area contributed by atoms with Crippen LogP contribution in [0.1, 0.15) is 80.1 Å². The normalized spacial score (nSPS) is 30.4.